The van der Waals surface area contributed by atoms with Crippen molar-refractivity contribution in [2.75, 3.05) is 0 Å². The van der Waals surface area contributed by atoms with E-state index in [9.17, 15) is 9.59 Å². The Morgan fingerprint density at radius 1 is 1.03 bits per heavy atom. The van der Waals surface area contributed by atoms with E-state index in [1.165, 1.54) is 12.6 Å². The van der Waals surface area contributed by atoms with Crippen LogP contribution >= 0.6 is 0 Å². The first-order chi connectivity index (χ1) is 16.2. The zero-order valence-corrected chi connectivity index (χ0v) is 17.9. The van der Waals surface area contributed by atoms with Gasteiger partial charge in [-0.15, -0.1) is 0 Å². The van der Waals surface area contributed by atoms with Crippen LogP contribution in [0.15, 0.2) is 84.0 Å². The second-order valence-electron chi connectivity index (χ2n) is 8.03. The van der Waals surface area contributed by atoms with E-state index in [1.807, 2.05) is 48.5 Å². The van der Waals surface area contributed by atoms with E-state index in [0.717, 1.165) is 22.3 Å². The van der Waals surface area contributed by atoms with Crippen molar-refractivity contribution in [3.8, 4) is 0 Å². The second kappa shape index (κ2) is 9.12. The number of hydrogen-bond donors (Lipinski definition) is 1. The predicted molar refractivity (Wildman–Crippen MR) is 120 cm³/mol. The Balaban J connectivity index is 1.31. The lowest BCUT2D eigenvalue weighted by Crippen LogP contribution is -2.52. The number of nitrogens with one attached hydrogen (secondary N) is 1. The molecule has 0 bridgehead atoms. The molecule has 3 heterocycles. The molecule has 33 heavy (non-hydrogen) atoms. The summed E-state index contributed by atoms with van der Waals surface area (Å²) in [7, 11) is 0. The van der Waals surface area contributed by atoms with Gasteiger partial charge in [-0.05, 0) is 34.4 Å². The number of fused-ring (bicyclic) bond motifs is 1. The second-order valence-corrected chi connectivity index (χ2v) is 8.03. The van der Waals surface area contributed by atoms with E-state index in [0.29, 0.717) is 26.1 Å². The molecule has 2 aromatic carbocycles. The Labute approximate surface area is 190 Å². The molecular formula is C25H23N5O3. The highest BCUT2D eigenvalue weighted by Gasteiger charge is 2.35. The summed E-state index contributed by atoms with van der Waals surface area (Å²) in [6.07, 6.45) is 5.09. The average molecular weight is 441 g/mol. The maximum Gasteiger partial charge on any atom is 0.290 e. The molecule has 1 N–H and O–H groups in total. The Morgan fingerprint density at radius 2 is 1.88 bits per heavy atom. The third-order valence-electron chi connectivity index (χ3n) is 5.81. The Hall–Kier alpha value is -4.20. The number of rotatable bonds is 6. The maximum absolute atomic E-state index is 13.2. The minimum Gasteiger partial charge on any atom is -0.459 e. The molecule has 0 radical (unpaired) electrons. The number of aromatic nitrogens is 3. The van der Waals surface area contributed by atoms with Gasteiger partial charge < -0.3 is 14.6 Å². The number of carbonyl (C=O) groups is 2. The summed E-state index contributed by atoms with van der Waals surface area (Å²) in [5.74, 6) is -0.247. The summed E-state index contributed by atoms with van der Waals surface area (Å²) >= 11 is 0. The zero-order chi connectivity index (χ0) is 22.6. The number of nitrogens with zero attached hydrogens (tertiary/aromatic N) is 4. The van der Waals surface area contributed by atoms with Crippen LogP contribution in [0.25, 0.3) is 0 Å². The van der Waals surface area contributed by atoms with Gasteiger partial charge in [-0.2, -0.15) is 5.10 Å². The van der Waals surface area contributed by atoms with Gasteiger partial charge in [0.2, 0.25) is 5.91 Å². The first-order valence-corrected chi connectivity index (χ1v) is 10.8. The summed E-state index contributed by atoms with van der Waals surface area (Å²) in [6, 6.07) is 18.5. The lowest BCUT2D eigenvalue weighted by molar-refractivity contribution is -0.126. The standard InChI is InChI=1S/C25H23N5O3/c31-24(27-13-18-5-3-6-19(11-18)14-29-17-26-16-28-29)22-12-20-7-1-2-8-21(20)15-30(22)25(32)23-9-4-10-33-23/h1-11,16-17,22H,12-15H2,(H,27,31). The monoisotopic (exact) mass is 441 g/mol. The lowest BCUT2D eigenvalue weighted by atomic mass is 9.93. The fourth-order valence-corrected chi connectivity index (χ4v) is 4.16. The smallest absolute Gasteiger partial charge is 0.290 e. The van der Waals surface area contributed by atoms with Gasteiger partial charge in [0, 0.05) is 19.5 Å². The van der Waals surface area contributed by atoms with Crippen molar-refractivity contribution in [1.29, 1.82) is 0 Å². The largest absolute Gasteiger partial charge is 0.459 e. The summed E-state index contributed by atoms with van der Waals surface area (Å²) in [6.45, 7) is 1.33. The van der Waals surface area contributed by atoms with Crippen molar-refractivity contribution in [3.05, 3.63) is 108 Å². The molecule has 2 aromatic heterocycles. The topological polar surface area (TPSA) is 93.3 Å². The molecule has 4 aromatic rings. The van der Waals surface area contributed by atoms with Crippen LogP contribution in [-0.4, -0.2) is 37.5 Å². The first kappa shape index (κ1) is 20.7. The van der Waals surface area contributed by atoms with Crippen LogP contribution in [0.3, 0.4) is 0 Å². The molecular weight excluding hydrogens is 418 g/mol. The number of hydrogen-bond acceptors (Lipinski definition) is 5. The van der Waals surface area contributed by atoms with Gasteiger partial charge in [0.1, 0.15) is 18.7 Å². The van der Waals surface area contributed by atoms with Crippen molar-refractivity contribution in [2.45, 2.75) is 32.1 Å². The molecule has 1 unspecified atom stereocenters. The fourth-order valence-electron chi connectivity index (χ4n) is 4.16. The van der Waals surface area contributed by atoms with Crippen molar-refractivity contribution in [2.24, 2.45) is 0 Å². The van der Waals surface area contributed by atoms with Crippen LogP contribution in [-0.2, 0) is 30.8 Å². The first-order valence-electron chi connectivity index (χ1n) is 10.8. The molecule has 166 valence electrons. The minimum atomic E-state index is -0.615. The quantitative estimate of drug-likeness (QED) is 0.497. The molecule has 1 aliphatic heterocycles. The van der Waals surface area contributed by atoms with Gasteiger partial charge in [-0.25, -0.2) is 9.67 Å². The van der Waals surface area contributed by atoms with Crippen molar-refractivity contribution in [1.82, 2.24) is 25.0 Å². The van der Waals surface area contributed by atoms with Crippen LogP contribution < -0.4 is 5.32 Å². The number of amides is 2. The van der Waals surface area contributed by atoms with Gasteiger partial charge in [0.25, 0.3) is 5.91 Å². The number of benzene rings is 2. The summed E-state index contributed by atoms with van der Waals surface area (Å²) < 4.78 is 7.06. The Morgan fingerprint density at radius 3 is 2.67 bits per heavy atom. The summed E-state index contributed by atoms with van der Waals surface area (Å²) in [4.78, 5) is 31.9. The van der Waals surface area contributed by atoms with Crippen LogP contribution in [0, 0.1) is 0 Å². The van der Waals surface area contributed by atoms with Gasteiger partial charge in [0.05, 0.1) is 12.8 Å². The third kappa shape index (κ3) is 4.55. The Bertz CT molecular complexity index is 1250. The molecule has 0 spiro atoms. The molecule has 0 fully saturated rings. The predicted octanol–water partition coefficient (Wildman–Crippen LogP) is 2.80. The number of furan rings is 1. The van der Waals surface area contributed by atoms with Gasteiger partial charge in [-0.3, -0.25) is 9.59 Å². The van der Waals surface area contributed by atoms with E-state index in [-0.39, 0.29) is 17.6 Å². The molecule has 1 atom stereocenters. The highest BCUT2D eigenvalue weighted by Crippen LogP contribution is 2.25. The highest BCUT2D eigenvalue weighted by molar-refractivity contribution is 5.96. The number of carbonyl (C=O) groups excluding carboxylic acids is 2. The third-order valence-corrected chi connectivity index (χ3v) is 5.81. The van der Waals surface area contributed by atoms with E-state index in [2.05, 4.69) is 15.4 Å². The van der Waals surface area contributed by atoms with Gasteiger partial charge in [-0.1, -0.05) is 48.5 Å². The SMILES string of the molecule is O=C(NCc1cccc(Cn2cncn2)c1)C1Cc2ccccc2CN1C(=O)c1ccco1. The van der Waals surface area contributed by atoms with Crippen LogP contribution in [0.5, 0.6) is 0 Å². The summed E-state index contributed by atoms with van der Waals surface area (Å²) in [5, 5.41) is 7.15. The van der Waals surface area contributed by atoms with Crippen LogP contribution in [0.4, 0.5) is 0 Å². The summed E-state index contributed by atoms with van der Waals surface area (Å²) in [5.41, 5.74) is 4.16. The van der Waals surface area contributed by atoms with Crippen molar-refractivity contribution >= 4 is 11.8 Å². The van der Waals surface area contributed by atoms with Crippen molar-refractivity contribution < 1.29 is 14.0 Å². The van der Waals surface area contributed by atoms with Gasteiger partial charge >= 0.3 is 0 Å². The average Bonchev–Trinajstić information content (AvgIpc) is 3.56. The molecule has 8 nitrogen and oxygen atoms in total. The normalized spacial score (nSPS) is 15.2. The van der Waals surface area contributed by atoms with E-state index < -0.39 is 6.04 Å². The lowest BCUT2D eigenvalue weighted by Gasteiger charge is -2.35. The molecule has 1 aliphatic rings. The molecule has 8 heteroatoms. The molecule has 0 saturated carbocycles. The van der Waals surface area contributed by atoms with Gasteiger partial charge in [0.15, 0.2) is 5.76 Å². The Kier molecular flexibility index (Phi) is 5.72. The van der Waals surface area contributed by atoms with E-state index in [1.54, 1.807) is 28.0 Å². The fraction of sp³-hybridized carbons (Fsp3) is 0.200. The maximum atomic E-state index is 13.2. The minimum absolute atomic E-state index is 0.189. The van der Waals surface area contributed by atoms with Crippen molar-refractivity contribution in [3.63, 3.8) is 0 Å². The van der Waals surface area contributed by atoms with E-state index in [4.69, 9.17) is 4.42 Å². The molecule has 0 aliphatic carbocycles. The highest BCUT2D eigenvalue weighted by atomic mass is 16.3. The molecule has 5 rings (SSSR count). The van der Waals surface area contributed by atoms with Crippen LogP contribution in [0.1, 0.15) is 32.8 Å². The van der Waals surface area contributed by atoms with Crippen LogP contribution in [0.2, 0.25) is 0 Å². The molecule has 2 amide bonds. The molecule has 0 saturated heterocycles. The zero-order valence-electron chi connectivity index (χ0n) is 17.9. The van der Waals surface area contributed by atoms with E-state index >= 15 is 0 Å².